The van der Waals surface area contributed by atoms with Crippen molar-refractivity contribution >= 4 is 40.6 Å². The molecule has 0 bridgehead atoms. The maximum Gasteiger partial charge on any atom is 0.337 e. The van der Waals surface area contributed by atoms with E-state index in [1.165, 1.54) is 7.11 Å². The lowest BCUT2D eigenvalue weighted by atomic mass is 10.2. The van der Waals surface area contributed by atoms with E-state index in [1.54, 1.807) is 18.2 Å². The van der Waals surface area contributed by atoms with Gasteiger partial charge in [-0.05, 0) is 43.3 Å². The van der Waals surface area contributed by atoms with Gasteiger partial charge in [-0.3, -0.25) is 0 Å². The predicted molar refractivity (Wildman–Crippen MR) is 86.5 cm³/mol. The van der Waals surface area contributed by atoms with Crippen LogP contribution in [0.25, 0.3) is 0 Å². The van der Waals surface area contributed by atoms with Crippen molar-refractivity contribution in [1.82, 2.24) is 5.32 Å². The van der Waals surface area contributed by atoms with Gasteiger partial charge in [0.1, 0.15) is 0 Å². The van der Waals surface area contributed by atoms with Gasteiger partial charge in [-0.15, -0.1) is 0 Å². The molecular formula is C14H19ClN2O2S. The average molecular weight is 315 g/mol. The second-order valence-corrected chi connectivity index (χ2v) is 5.11. The number of rotatable bonds is 5. The summed E-state index contributed by atoms with van der Waals surface area (Å²) >= 11 is 11.3. The molecule has 0 aromatic heterocycles. The molecule has 0 radical (unpaired) electrons. The smallest absolute Gasteiger partial charge is 0.337 e. The number of halogens is 1. The van der Waals surface area contributed by atoms with Crippen molar-refractivity contribution in [2.75, 3.05) is 12.4 Å². The van der Waals surface area contributed by atoms with Crippen LogP contribution in [0.3, 0.4) is 0 Å². The Kier molecular flexibility index (Phi) is 6.75. The van der Waals surface area contributed by atoms with E-state index < -0.39 is 5.97 Å². The quantitative estimate of drug-likeness (QED) is 0.642. The van der Waals surface area contributed by atoms with E-state index in [4.69, 9.17) is 23.8 Å². The van der Waals surface area contributed by atoms with E-state index in [1.807, 2.05) is 0 Å². The molecule has 1 aromatic rings. The van der Waals surface area contributed by atoms with Crippen molar-refractivity contribution in [3.8, 4) is 0 Å². The first-order chi connectivity index (χ1) is 9.51. The lowest BCUT2D eigenvalue weighted by Gasteiger charge is -2.18. The number of nitrogens with one attached hydrogen (secondary N) is 2. The van der Waals surface area contributed by atoms with Crippen LogP contribution in [0.2, 0.25) is 5.02 Å². The Morgan fingerprint density at radius 2 is 2.05 bits per heavy atom. The maximum atomic E-state index is 11.5. The molecule has 0 aliphatic carbocycles. The Balaban J connectivity index is 2.81. The largest absolute Gasteiger partial charge is 0.465 e. The molecule has 1 aromatic carbocycles. The topological polar surface area (TPSA) is 50.4 Å². The number of benzene rings is 1. The molecule has 0 saturated heterocycles. The van der Waals surface area contributed by atoms with Gasteiger partial charge in [0.15, 0.2) is 5.11 Å². The molecule has 0 amide bonds. The van der Waals surface area contributed by atoms with Gasteiger partial charge in [-0.1, -0.05) is 25.4 Å². The number of hydrogen-bond acceptors (Lipinski definition) is 3. The molecule has 0 aliphatic rings. The zero-order valence-corrected chi connectivity index (χ0v) is 13.4. The predicted octanol–water partition coefficient (Wildman–Crippen LogP) is 3.60. The highest BCUT2D eigenvalue weighted by molar-refractivity contribution is 7.80. The van der Waals surface area contributed by atoms with E-state index >= 15 is 0 Å². The van der Waals surface area contributed by atoms with E-state index in [0.29, 0.717) is 27.4 Å². The second-order valence-electron chi connectivity index (χ2n) is 4.30. The number of carbonyl (C=O) groups is 1. The lowest BCUT2D eigenvalue weighted by Crippen LogP contribution is -2.37. The Bertz CT molecular complexity index is 490. The van der Waals surface area contributed by atoms with Crippen LogP contribution < -0.4 is 10.6 Å². The molecule has 0 heterocycles. The molecule has 0 fully saturated rings. The first-order valence-corrected chi connectivity index (χ1v) is 7.25. The number of methoxy groups -OCH3 is 1. The highest BCUT2D eigenvalue weighted by Crippen LogP contribution is 2.23. The van der Waals surface area contributed by atoms with Gasteiger partial charge in [0, 0.05) is 6.04 Å². The summed E-state index contributed by atoms with van der Waals surface area (Å²) in [4.78, 5) is 11.5. The minimum Gasteiger partial charge on any atom is -0.465 e. The molecule has 0 aliphatic heterocycles. The van der Waals surface area contributed by atoms with Crippen LogP contribution in [0, 0.1) is 0 Å². The number of ether oxygens (including phenoxy) is 1. The number of hydrogen-bond donors (Lipinski definition) is 2. The second kappa shape index (κ2) is 8.07. The molecular weight excluding hydrogens is 296 g/mol. The van der Waals surface area contributed by atoms with Crippen LogP contribution in [-0.2, 0) is 4.74 Å². The van der Waals surface area contributed by atoms with E-state index in [2.05, 4.69) is 29.2 Å². The standard InChI is InChI=1S/C14H19ClN2O2S/c1-4-10(5-2)16-14(20)17-12-8-9(13(18)19-3)6-7-11(12)15/h6-8,10H,4-5H2,1-3H3,(H2,16,17,20). The Labute approximate surface area is 129 Å². The normalized spacial score (nSPS) is 10.2. The molecule has 1 rings (SSSR count). The molecule has 0 unspecified atom stereocenters. The summed E-state index contributed by atoms with van der Waals surface area (Å²) in [6.07, 6.45) is 1.96. The zero-order chi connectivity index (χ0) is 15.1. The Morgan fingerprint density at radius 1 is 1.40 bits per heavy atom. The van der Waals surface area contributed by atoms with Crippen LogP contribution in [-0.4, -0.2) is 24.2 Å². The minimum atomic E-state index is -0.413. The minimum absolute atomic E-state index is 0.317. The highest BCUT2D eigenvalue weighted by atomic mass is 35.5. The SMILES string of the molecule is CCC(CC)NC(=S)Nc1cc(C(=O)OC)ccc1Cl. The Morgan fingerprint density at radius 3 is 2.60 bits per heavy atom. The average Bonchev–Trinajstić information content (AvgIpc) is 2.46. The van der Waals surface area contributed by atoms with Crippen molar-refractivity contribution in [3.05, 3.63) is 28.8 Å². The first kappa shape index (κ1) is 16.7. The fourth-order valence-electron chi connectivity index (χ4n) is 1.70. The van der Waals surface area contributed by atoms with Crippen molar-refractivity contribution in [2.45, 2.75) is 32.7 Å². The summed E-state index contributed by atoms with van der Waals surface area (Å²) in [6, 6.07) is 5.18. The number of thiocarbonyl (C=S) groups is 1. The zero-order valence-electron chi connectivity index (χ0n) is 11.8. The number of carbonyl (C=O) groups excluding carboxylic acids is 1. The molecule has 0 saturated carbocycles. The van der Waals surface area contributed by atoms with E-state index in [9.17, 15) is 4.79 Å². The molecule has 6 heteroatoms. The van der Waals surface area contributed by atoms with Gasteiger partial charge in [-0.2, -0.15) is 0 Å². The third kappa shape index (κ3) is 4.65. The van der Waals surface area contributed by atoms with E-state index in [0.717, 1.165) is 12.8 Å². The number of esters is 1. The molecule has 110 valence electrons. The fraction of sp³-hybridized carbons (Fsp3) is 0.429. The van der Waals surface area contributed by atoms with Crippen LogP contribution >= 0.6 is 23.8 Å². The van der Waals surface area contributed by atoms with Gasteiger partial charge in [0.05, 0.1) is 23.4 Å². The lowest BCUT2D eigenvalue weighted by molar-refractivity contribution is 0.0601. The molecule has 4 nitrogen and oxygen atoms in total. The van der Waals surface area contributed by atoms with Crippen molar-refractivity contribution in [1.29, 1.82) is 0 Å². The molecule has 2 N–H and O–H groups in total. The third-order valence-electron chi connectivity index (χ3n) is 2.96. The van der Waals surface area contributed by atoms with Gasteiger partial charge in [0.2, 0.25) is 0 Å². The van der Waals surface area contributed by atoms with Gasteiger partial charge in [0.25, 0.3) is 0 Å². The Hall–Kier alpha value is -1.33. The highest BCUT2D eigenvalue weighted by Gasteiger charge is 2.11. The van der Waals surface area contributed by atoms with Crippen LogP contribution in [0.15, 0.2) is 18.2 Å². The third-order valence-corrected chi connectivity index (χ3v) is 3.51. The van der Waals surface area contributed by atoms with Gasteiger partial charge < -0.3 is 15.4 Å². The van der Waals surface area contributed by atoms with Gasteiger partial charge >= 0.3 is 5.97 Å². The van der Waals surface area contributed by atoms with Crippen LogP contribution in [0.5, 0.6) is 0 Å². The summed E-state index contributed by atoms with van der Waals surface area (Å²) in [7, 11) is 1.34. The summed E-state index contributed by atoms with van der Waals surface area (Å²) in [6.45, 7) is 4.18. The van der Waals surface area contributed by atoms with Crippen molar-refractivity contribution in [2.24, 2.45) is 0 Å². The summed E-state index contributed by atoms with van der Waals surface area (Å²) in [5.74, 6) is -0.413. The summed E-state index contributed by atoms with van der Waals surface area (Å²) in [5.41, 5.74) is 1.00. The molecule has 0 atom stereocenters. The maximum absolute atomic E-state index is 11.5. The summed E-state index contributed by atoms with van der Waals surface area (Å²) < 4.78 is 4.68. The number of anilines is 1. The van der Waals surface area contributed by atoms with Gasteiger partial charge in [-0.25, -0.2) is 4.79 Å². The molecule has 20 heavy (non-hydrogen) atoms. The van der Waals surface area contributed by atoms with Crippen LogP contribution in [0.4, 0.5) is 5.69 Å². The van der Waals surface area contributed by atoms with E-state index in [-0.39, 0.29) is 0 Å². The molecule has 0 spiro atoms. The summed E-state index contributed by atoms with van der Waals surface area (Å²) in [5, 5.41) is 7.19. The van der Waals surface area contributed by atoms with Crippen LogP contribution in [0.1, 0.15) is 37.0 Å². The monoisotopic (exact) mass is 314 g/mol. The van der Waals surface area contributed by atoms with Crippen molar-refractivity contribution in [3.63, 3.8) is 0 Å². The van der Waals surface area contributed by atoms with Crippen molar-refractivity contribution < 1.29 is 9.53 Å². The first-order valence-electron chi connectivity index (χ1n) is 6.47. The fourth-order valence-corrected chi connectivity index (χ4v) is 2.14.